The molecule has 0 bridgehead atoms. The van der Waals surface area contributed by atoms with Gasteiger partial charge in [0.1, 0.15) is 12.4 Å². The summed E-state index contributed by atoms with van der Waals surface area (Å²) in [4.78, 5) is 15.4. The molecule has 1 aromatic heterocycles. The first-order valence-electron chi connectivity index (χ1n) is 12.0. The van der Waals surface area contributed by atoms with Crippen LogP contribution in [-0.2, 0) is 19.2 Å². The summed E-state index contributed by atoms with van der Waals surface area (Å²) in [7, 11) is 0. The quantitative estimate of drug-likeness (QED) is 0.222. The van der Waals surface area contributed by atoms with Crippen LogP contribution >= 0.6 is 11.6 Å². The van der Waals surface area contributed by atoms with E-state index in [0.717, 1.165) is 28.3 Å². The number of carboxylic acid groups (broad SMARTS) is 1. The molecule has 5 aromatic rings. The van der Waals surface area contributed by atoms with Crippen LogP contribution in [0.2, 0.25) is 5.02 Å². The third-order valence-electron chi connectivity index (χ3n) is 6.31. The first kappa shape index (κ1) is 26.3. The Kier molecular flexibility index (Phi) is 7.26. The zero-order valence-electron chi connectivity index (χ0n) is 20.4. The fraction of sp³-hybridized carbons (Fsp3) is 0.0968. The van der Waals surface area contributed by atoms with E-state index in [4.69, 9.17) is 21.4 Å². The van der Waals surface area contributed by atoms with E-state index in [-0.39, 0.29) is 22.7 Å². The van der Waals surface area contributed by atoms with E-state index in [1.54, 1.807) is 6.07 Å². The van der Waals surface area contributed by atoms with Gasteiger partial charge in [-0.05, 0) is 64.6 Å². The van der Waals surface area contributed by atoms with Crippen molar-refractivity contribution < 1.29 is 27.8 Å². The number of pyridine rings is 1. The fourth-order valence-corrected chi connectivity index (χ4v) is 4.75. The normalized spacial score (nSPS) is 11.5. The number of fused-ring (bicyclic) bond motifs is 1. The number of alkyl halides is 3. The van der Waals surface area contributed by atoms with Crippen molar-refractivity contribution in [2.45, 2.75) is 19.2 Å². The van der Waals surface area contributed by atoms with Gasteiger partial charge in [-0.2, -0.15) is 13.2 Å². The highest BCUT2D eigenvalue weighted by Crippen LogP contribution is 2.39. The minimum atomic E-state index is -4.55. The lowest BCUT2D eigenvalue weighted by Crippen LogP contribution is -2.07. The van der Waals surface area contributed by atoms with Gasteiger partial charge in [0.2, 0.25) is 0 Å². The van der Waals surface area contributed by atoms with Crippen molar-refractivity contribution in [2.75, 3.05) is 0 Å². The molecule has 0 aliphatic heterocycles. The number of carbonyl (C=O) groups is 1. The number of hydrogen-bond acceptors (Lipinski definition) is 3. The number of carboxylic acids is 1. The summed E-state index contributed by atoms with van der Waals surface area (Å²) in [6, 6.07) is 25.3. The van der Waals surface area contributed by atoms with Crippen LogP contribution in [0.1, 0.15) is 32.6 Å². The summed E-state index contributed by atoms with van der Waals surface area (Å²) >= 11 is 6.19. The molecule has 0 radical (unpaired) electrons. The highest BCUT2D eigenvalue weighted by Gasteiger charge is 2.33. The summed E-state index contributed by atoms with van der Waals surface area (Å²) in [5.41, 5.74) is 3.10. The number of hydrogen-bond donors (Lipinski definition) is 1. The minimum absolute atomic E-state index is 0.0445. The molecule has 0 saturated carbocycles. The van der Waals surface area contributed by atoms with Crippen molar-refractivity contribution in [2.24, 2.45) is 0 Å². The zero-order chi connectivity index (χ0) is 27.6. The molecule has 4 nitrogen and oxygen atoms in total. The third kappa shape index (κ3) is 5.73. The molecule has 39 heavy (non-hydrogen) atoms. The predicted molar refractivity (Wildman–Crippen MR) is 144 cm³/mol. The van der Waals surface area contributed by atoms with E-state index < -0.39 is 17.7 Å². The molecule has 0 atom stereocenters. The monoisotopic (exact) mass is 547 g/mol. The Balaban J connectivity index is 1.56. The molecule has 0 aliphatic carbocycles. The summed E-state index contributed by atoms with van der Waals surface area (Å²) in [5, 5.41) is 9.70. The lowest BCUT2D eigenvalue weighted by molar-refractivity contribution is -0.136. The Labute approximate surface area is 227 Å². The number of aromatic carboxylic acids is 1. The number of benzene rings is 4. The SMILES string of the molecule is O=C(O)c1ccc(OCc2cccc(-c3c(Cc4ccccc4)cnc4c(C(F)(F)F)cccc34)c2)c(Cl)c1. The van der Waals surface area contributed by atoms with E-state index in [1.165, 1.54) is 30.5 Å². The van der Waals surface area contributed by atoms with Gasteiger partial charge in [-0.15, -0.1) is 0 Å². The Hall–Kier alpha value is -4.36. The van der Waals surface area contributed by atoms with Crippen LogP contribution in [0.4, 0.5) is 13.2 Å². The Morgan fingerprint density at radius 2 is 1.64 bits per heavy atom. The van der Waals surface area contributed by atoms with Gasteiger partial charge >= 0.3 is 12.1 Å². The van der Waals surface area contributed by atoms with Crippen molar-refractivity contribution in [3.05, 3.63) is 130 Å². The zero-order valence-corrected chi connectivity index (χ0v) is 21.1. The summed E-state index contributed by atoms with van der Waals surface area (Å²) < 4.78 is 47.3. The van der Waals surface area contributed by atoms with E-state index >= 15 is 0 Å². The molecule has 5 rings (SSSR count). The maximum Gasteiger partial charge on any atom is 0.418 e. The Morgan fingerprint density at radius 3 is 2.36 bits per heavy atom. The third-order valence-corrected chi connectivity index (χ3v) is 6.60. The molecule has 8 heteroatoms. The predicted octanol–water partition coefficient (Wildman–Crippen LogP) is 8.44. The lowest BCUT2D eigenvalue weighted by Gasteiger charge is -2.17. The second-order valence-electron chi connectivity index (χ2n) is 8.96. The molecule has 0 amide bonds. The van der Waals surface area contributed by atoms with Crippen LogP contribution in [0.15, 0.2) is 97.2 Å². The molecule has 0 unspecified atom stereocenters. The number of halogens is 4. The van der Waals surface area contributed by atoms with Gasteiger partial charge in [-0.25, -0.2) is 4.79 Å². The minimum Gasteiger partial charge on any atom is -0.487 e. The van der Waals surface area contributed by atoms with Gasteiger partial charge in [0.15, 0.2) is 0 Å². The number of rotatable bonds is 7. The summed E-state index contributed by atoms with van der Waals surface area (Å²) in [5.74, 6) is -0.776. The average Bonchev–Trinajstić information content (AvgIpc) is 2.92. The molecular formula is C31H21ClF3NO3. The van der Waals surface area contributed by atoms with Crippen molar-refractivity contribution in [3.8, 4) is 16.9 Å². The summed E-state index contributed by atoms with van der Waals surface area (Å²) in [6.45, 7) is 0.116. The maximum absolute atomic E-state index is 13.8. The van der Waals surface area contributed by atoms with Crippen LogP contribution in [0.5, 0.6) is 5.75 Å². The molecule has 196 valence electrons. The Morgan fingerprint density at radius 1 is 0.897 bits per heavy atom. The molecule has 1 N–H and O–H groups in total. The van der Waals surface area contributed by atoms with E-state index in [9.17, 15) is 18.0 Å². The van der Waals surface area contributed by atoms with Crippen molar-refractivity contribution in [1.29, 1.82) is 0 Å². The first-order valence-corrected chi connectivity index (χ1v) is 12.3. The second kappa shape index (κ2) is 10.8. The largest absolute Gasteiger partial charge is 0.487 e. The molecule has 1 heterocycles. The molecular weight excluding hydrogens is 527 g/mol. The maximum atomic E-state index is 13.8. The van der Waals surface area contributed by atoms with Crippen LogP contribution in [0.3, 0.4) is 0 Å². The molecule has 0 aliphatic rings. The van der Waals surface area contributed by atoms with Crippen LogP contribution in [0.25, 0.3) is 22.0 Å². The topological polar surface area (TPSA) is 59.4 Å². The highest BCUT2D eigenvalue weighted by atomic mass is 35.5. The van der Waals surface area contributed by atoms with Gasteiger partial charge in [0.25, 0.3) is 0 Å². The lowest BCUT2D eigenvalue weighted by atomic mass is 9.91. The van der Waals surface area contributed by atoms with Gasteiger partial charge in [0, 0.05) is 11.6 Å². The van der Waals surface area contributed by atoms with Gasteiger partial charge in [-0.3, -0.25) is 4.98 Å². The van der Waals surface area contributed by atoms with Gasteiger partial charge in [0.05, 0.1) is 21.7 Å². The second-order valence-corrected chi connectivity index (χ2v) is 9.37. The molecule has 0 fully saturated rings. The van der Waals surface area contributed by atoms with Gasteiger partial charge in [-0.1, -0.05) is 72.3 Å². The van der Waals surface area contributed by atoms with Crippen LogP contribution < -0.4 is 4.74 Å². The number of para-hydroxylation sites is 1. The fourth-order valence-electron chi connectivity index (χ4n) is 4.51. The van der Waals surface area contributed by atoms with Crippen molar-refractivity contribution in [1.82, 2.24) is 4.98 Å². The summed E-state index contributed by atoms with van der Waals surface area (Å²) in [6.07, 6.45) is -2.54. The first-order chi connectivity index (χ1) is 18.7. The number of aromatic nitrogens is 1. The van der Waals surface area contributed by atoms with E-state index in [0.29, 0.717) is 23.1 Å². The Bertz CT molecular complexity index is 1670. The molecule has 0 spiro atoms. The number of ether oxygens (including phenoxy) is 1. The van der Waals surface area contributed by atoms with E-state index in [2.05, 4.69) is 4.98 Å². The molecule has 4 aromatic carbocycles. The number of nitrogens with zero attached hydrogens (tertiary/aromatic N) is 1. The highest BCUT2D eigenvalue weighted by molar-refractivity contribution is 6.32. The standard InChI is InChI=1S/C31H21ClF3NO3/c32-26-16-22(30(37)38)12-13-27(26)39-18-20-8-4-9-21(15-20)28-23(14-19-6-2-1-3-7-19)17-36-29-24(28)10-5-11-25(29)31(33,34)35/h1-13,15-17H,14,18H2,(H,37,38). The smallest absolute Gasteiger partial charge is 0.418 e. The van der Waals surface area contributed by atoms with Gasteiger partial charge < -0.3 is 9.84 Å². The van der Waals surface area contributed by atoms with Crippen LogP contribution in [0, 0.1) is 0 Å². The molecule has 0 saturated heterocycles. The average molecular weight is 548 g/mol. The van der Waals surface area contributed by atoms with Crippen molar-refractivity contribution in [3.63, 3.8) is 0 Å². The van der Waals surface area contributed by atoms with Crippen LogP contribution in [-0.4, -0.2) is 16.1 Å². The van der Waals surface area contributed by atoms with Crippen molar-refractivity contribution >= 4 is 28.5 Å². The van der Waals surface area contributed by atoms with E-state index in [1.807, 2.05) is 54.6 Å².